The summed E-state index contributed by atoms with van der Waals surface area (Å²) in [5, 5.41) is 4.13. The van der Waals surface area contributed by atoms with Gasteiger partial charge in [-0.3, -0.25) is 0 Å². The molecule has 1 N–H and O–H groups in total. The molecule has 0 amide bonds. The summed E-state index contributed by atoms with van der Waals surface area (Å²) in [5.74, 6) is 0. The van der Waals surface area contributed by atoms with Crippen molar-refractivity contribution in [2.75, 3.05) is 20.3 Å². The van der Waals surface area contributed by atoms with Crippen molar-refractivity contribution in [2.24, 2.45) is 0 Å². The van der Waals surface area contributed by atoms with E-state index in [9.17, 15) is 0 Å². The van der Waals surface area contributed by atoms with E-state index in [-0.39, 0.29) is 0 Å². The summed E-state index contributed by atoms with van der Waals surface area (Å²) in [4.78, 5) is 2.33. The van der Waals surface area contributed by atoms with Crippen molar-refractivity contribution >= 4 is 17.3 Å². The van der Waals surface area contributed by atoms with E-state index >= 15 is 0 Å². The Hall–Kier alpha value is -0.350. The van der Waals surface area contributed by atoms with Crippen molar-refractivity contribution < 1.29 is 4.74 Å². The largest absolute Gasteiger partial charge is 0.383 e. The predicted molar refractivity (Wildman–Crippen MR) is 67.1 cm³/mol. The first kappa shape index (κ1) is 12.7. The molecule has 1 aliphatic rings. The summed E-state index contributed by atoms with van der Waals surface area (Å²) < 4.78 is 4.99. The summed E-state index contributed by atoms with van der Waals surface area (Å²) in [6.07, 6.45) is 3.81. The number of ether oxygens (including phenoxy) is 1. The van der Waals surface area contributed by atoms with Crippen molar-refractivity contribution in [2.45, 2.75) is 45.2 Å². The lowest BCUT2D eigenvalue weighted by atomic mass is 9.98. The van der Waals surface area contributed by atoms with Crippen LogP contribution in [0.3, 0.4) is 0 Å². The molecule has 1 rings (SSSR count). The maximum absolute atomic E-state index is 5.40. The molecular formula is C11H22N2OS. The Morgan fingerprint density at radius 2 is 2.00 bits per heavy atom. The summed E-state index contributed by atoms with van der Waals surface area (Å²) in [6, 6.07) is 1.13. The van der Waals surface area contributed by atoms with E-state index in [1.807, 2.05) is 0 Å². The fourth-order valence-electron chi connectivity index (χ4n) is 2.17. The molecule has 0 spiro atoms. The van der Waals surface area contributed by atoms with Crippen LogP contribution in [0.15, 0.2) is 0 Å². The molecule has 0 saturated carbocycles. The number of hydrogen-bond acceptors (Lipinski definition) is 2. The average Bonchev–Trinajstić information content (AvgIpc) is 2.18. The van der Waals surface area contributed by atoms with Crippen molar-refractivity contribution in [3.63, 3.8) is 0 Å². The van der Waals surface area contributed by atoms with Crippen LogP contribution in [0.5, 0.6) is 0 Å². The Morgan fingerprint density at radius 3 is 2.53 bits per heavy atom. The van der Waals surface area contributed by atoms with Gasteiger partial charge in [0.05, 0.1) is 6.61 Å². The molecule has 4 heteroatoms. The van der Waals surface area contributed by atoms with Gasteiger partial charge in [-0.1, -0.05) is 0 Å². The minimum atomic E-state index is 0.566. The quantitative estimate of drug-likeness (QED) is 0.590. The maximum atomic E-state index is 5.40. The first-order valence-electron chi connectivity index (χ1n) is 5.72. The van der Waals surface area contributed by atoms with E-state index in [4.69, 9.17) is 17.0 Å². The molecule has 0 bridgehead atoms. The first-order valence-corrected chi connectivity index (χ1v) is 6.12. The third-order valence-electron chi connectivity index (χ3n) is 3.01. The molecule has 88 valence electrons. The lowest BCUT2D eigenvalue weighted by molar-refractivity contribution is 0.181. The third kappa shape index (κ3) is 3.61. The van der Waals surface area contributed by atoms with Crippen LogP contribution in [0, 0.1) is 0 Å². The van der Waals surface area contributed by atoms with Crippen molar-refractivity contribution in [3.05, 3.63) is 0 Å². The molecule has 2 atom stereocenters. The Morgan fingerprint density at radius 1 is 1.40 bits per heavy atom. The first-order chi connectivity index (χ1) is 7.16. The molecule has 3 nitrogen and oxygen atoms in total. The molecule has 0 aromatic carbocycles. The number of likely N-dealkylation sites (tertiary alicyclic amines) is 1. The van der Waals surface area contributed by atoms with Gasteiger partial charge in [0.15, 0.2) is 5.11 Å². The smallest absolute Gasteiger partial charge is 0.169 e. The zero-order valence-electron chi connectivity index (χ0n) is 9.95. The van der Waals surface area contributed by atoms with Crippen LogP contribution in [-0.4, -0.2) is 42.4 Å². The molecule has 1 fully saturated rings. The van der Waals surface area contributed by atoms with Crippen LogP contribution < -0.4 is 5.32 Å². The molecule has 15 heavy (non-hydrogen) atoms. The van der Waals surface area contributed by atoms with Gasteiger partial charge in [-0.2, -0.15) is 0 Å². The highest BCUT2D eigenvalue weighted by Gasteiger charge is 2.26. The number of methoxy groups -OCH3 is 1. The van der Waals surface area contributed by atoms with Crippen LogP contribution in [0.4, 0.5) is 0 Å². The van der Waals surface area contributed by atoms with Gasteiger partial charge >= 0.3 is 0 Å². The molecule has 1 saturated heterocycles. The second-order valence-electron chi connectivity index (χ2n) is 4.26. The molecule has 0 aromatic heterocycles. The minimum absolute atomic E-state index is 0.566. The highest BCUT2D eigenvalue weighted by Crippen LogP contribution is 2.22. The number of nitrogens with one attached hydrogen (secondary N) is 1. The molecule has 0 aliphatic carbocycles. The molecule has 1 heterocycles. The fourth-order valence-corrected chi connectivity index (χ4v) is 2.63. The molecule has 0 aromatic rings. The van der Waals surface area contributed by atoms with Gasteiger partial charge < -0.3 is 15.0 Å². The number of nitrogens with zero attached hydrogens (tertiary/aromatic N) is 1. The van der Waals surface area contributed by atoms with Gasteiger partial charge in [-0.25, -0.2) is 0 Å². The van der Waals surface area contributed by atoms with E-state index in [0.29, 0.717) is 18.7 Å². The Balaban J connectivity index is 2.41. The normalized spacial score (nSPS) is 26.5. The number of hydrogen-bond donors (Lipinski definition) is 1. The summed E-state index contributed by atoms with van der Waals surface area (Å²) >= 11 is 5.40. The predicted octanol–water partition coefficient (Wildman–Crippen LogP) is 1.77. The highest BCUT2D eigenvalue weighted by molar-refractivity contribution is 7.80. The van der Waals surface area contributed by atoms with Crippen molar-refractivity contribution in [1.29, 1.82) is 0 Å². The van der Waals surface area contributed by atoms with Crippen LogP contribution in [-0.2, 0) is 4.74 Å². The maximum Gasteiger partial charge on any atom is 0.169 e. The lowest BCUT2D eigenvalue weighted by Gasteiger charge is -2.40. The monoisotopic (exact) mass is 230 g/mol. The van der Waals surface area contributed by atoms with E-state index in [0.717, 1.165) is 11.7 Å². The number of thiocarbonyl (C=S) groups is 1. The van der Waals surface area contributed by atoms with Gasteiger partial charge in [0, 0.05) is 25.7 Å². The van der Waals surface area contributed by atoms with Crippen LogP contribution >= 0.6 is 12.2 Å². The second kappa shape index (κ2) is 6.28. The number of rotatable bonds is 3. The van der Waals surface area contributed by atoms with Crippen LogP contribution in [0.25, 0.3) is 0 Å². The topological polar surface area (TPSA) is 24.5 Å². The van der Waals surface area contributed by atoms with Gasteiger partial charge in [0.2, 0.25) is 0 Å². The van der Waals surface area contributed by atoms with Crippen molar-refractivity contribution in [1.82, 2.24) is 10.2 Å². The van der Waals surface area contributed by atoms with Crippen LogP contribution in [0.1, 0.15) is 33.1 Å². The fraction of sp³-hybridized carbons (Fsp3) is 0.909. The van der Waals surface area contributed by atoms with Crippen molar-refractivity contribution in [3.8, 4) is 0 Å². The zero-order valence-corrected chi connectivity index (χ0v) is 10.8. The third-order valence-corrected chi connectivity index (χ3v) is 3.37. The van der Waals surface area contributed by atoms with E-state index in [1.165, 1.54) is 19.3 Å². The van der Waals surface area contributed by atoms with Gasteiger partial charge in [-0.15, -0.1) is 0 Å². The minimum Gasteiger partial charge on any atom is -0.383 e. The average molecular weight is 230 g/mol. The Labute approximate surface area is 98.2 Å². The van der Waals surface area contributed by atoms with Gasteiger partial charge in [0.25, 0.3) is 0 Å². The molecule has 0 radical (unpaired) electrons. The summed E-state index contributed by atoms with van der Waals surface area (Å²) in [7, 11) is 1.71. The molecule has 0 unspecified atom stereocenters. The van der Waals surface area contributed by atoms with E-state index < -0.39 is 0 Å². The van der Waals surface area contributed by atoms with E-state index in [2.05, 4.69) is 24.1 Å². The van der Waals surface area contributed by atoms with Gasteiger partial charge in [0.1, 0.15) is 0 Å². The lowest BCUT2D eigenvalue weighted by Crippen LogP contribution is -2.52. The Bertz CT molecular complexity index is 201. The van der Waals surface area contributed by atoms with Crippen LogP contribution in [0.2, 0.25) is 0 Å². The second-order valence-corrected chi connectivity index (χ2v) is 4.65. The molecular weight excluding hydrogens is 208 g/mol. The summed E-state index contributed by atoms with van der Waals surface area (Å²) in [6.45, 7) is 6.00. The molecule has 1 aliphatic heterocycles. The zero-order chi connectivity index (χ0) is 11.3. The highest BCUT2D eigenvalue weighted by atomic mass is 32.1. The SMILES string of the molecule is COCCNC(=S)N1[C@H](C)CCC[C@H]1C. The Kier molecular flexibility index (Phi) is 5.32. The number of piperidine rings is 1. The van der Waals surface area contributed by atoms with Gasteiger partial charge in [-0.05, 0) is 45.3 Å². The summed E-state index contributed by atoms with van der Waals surface area (Å²) in [5.41, 5.74) is 0. The van der Waals surface area contributed by atoms with E-state index in [1.54, 1.807) is 7.11 Å². The standard InChI is InChI=1S/C11H22N2OS/c1-9-5-4-6-10(2)13(9)11(15)12-7-8-14-3/h9-10H,4-8H2,1-3H3,(H,12,15)/t9-,10-/m1/s1.